The average molecular weight is 446 g/mol. The summed E-state index contributed by atoms with van der Waals surface area (Å²) in [5.74, 6) is -0.620. The van der Waals surface area contributed by atoms with Crippen LogP contribution in [0.1, 0.15) is 36.8 Å². The van der Waals surface area contributed by atoms with Gasteiger partial charge in [0.15, 0.2) is 0 Å². The minimum absolute atomic E-state index is 0.0708. The van der Waals surface area contributed by atoms with Crippen molar-refractivity contribution in [2.24, 2.45) is 0 Å². The molecule has 6 heteroatoms. The molecule has 3 aromatic rings. The third kappa shape index (κ3) is 5.40. The van der Waals surface area contributed by atoms with Gasteiger partial charge in [-0.15, -0.1) is 0 Å². The van der Waals surface area contributed by atoms with Crippen LogP contribution in [0, 0.1) is 5.82 Å². The van der Waals surface area contributed by atoms with Crippen LogP contribution in [-0.2, 0) is 11.3 Å². The normalized spacial score (nSPS) is 14.8. The molecule has 3 aromatic carbocycles. The standard InChI is InChI=1S/C27H28FN3O2/c1-2-25(21-10-4-3-5-11-21)26(32)29-23-13-7-14-24(18-23)31-16-8-15-30(27(31)33)19-20-9-6-12-22(28)17-20/h3-7,9-14,17-18,25H,2,8,15-16,19H2,1H3,(H,29,32)/t25-/m1/s1. The zero-order chi connectivity index (χ0) is 23.2. The molecule has 0 aliphatic carbocycles. The first-order valence-corrected chi connectivity index (χ1v) is 11.3. The lowest BCUT2D eigenvalue weighted by Crippen LogP contribution is -2.49. The van der Waals surface area contributed by atoms with Gasteiger partial charge >= 0.3 is 6.03 Å². The van der Waals surface area contributed by atoms with Crippen molar-refractivity contribution in [2.45, 2.75) is 32.2 Å². The lowest BCUT2D eigenvalue weighted by molar-refractivity contribution is -0.117. The first kappa shape index (κ1) is 22.5. The molecule has 5 nitrogen and oxygen atoms in total. The van der Waals surface area contributed by atoms with Crippen molar-refractivity contribution in [2.75, 3.05) is 23.3 Å². The quantitative estimate of drug-likeness (QED) is 0.500. The predicted octanol–water partition coefficient (Wildman–Crippen LogP) is 5.79. The fraction of sp³-hybridized carbons (Fsp3) is 0.259. The molecule has 1 aliphatic heterocycles. The van der Waals surface area contributed by atoms with Crippen LogP contribution in [-0.4, -0.2) is 29.9 Å². The third-order valence-corrected chi connectivity index (χ3v) is 5.93. The SMILES string of the molecule is CC[C@@H](C(=O)Nc1cccc(N2CCCN(Cc3cccc(F)c3)C2=O)c1)c1ccccc1. The van der Waals surface area contributed by atoms with E-state index in [1.807, 2.05) is 67.6 Å². The number of benzene rings is 3. The van der Waals surface area contributed by atoms with Crippen molar-refractivity contribution in [1.82, 2.24) is 4.90 Å². The molecule has 3 amide bonds. The van der Waals surface area contributed by atoms with Gasteiger partial charge in [0, 0.05) is 31.0 Å². The van der Waals surface area contributed by atoms with Crippen molar-refractivity contribution in [3.8, 4) is 0 Å². The Morgan fingerprint density at radius 3 is 2.55 bits per heavy atom. The Morgan fingerprint density at radius 2 is 1.79 bits per heavy atom. The molecule has 170 valence electrons. The van der Waals surface area contributed by atoms with Gasteiger partial charge in [-0.25, -0.2) is 9.18 Å². The molecule has 1 aliphatic rings. The van der Waals surface area contributed by atoms with Crippen molar-refractivity contribution in [3.05, 3.63) is 95.8 Å². The molecule has 1 fully saturated rings. The second-order valence-corrected chi connectivity index (χ2v) is 8.25. The highest BCUT2D eigenvalue weighted by atomic mass is 19.1. The van der Waals surface area contributed by atoms with E-state index in [2.05, 4.69) is 5.32 Å². The fourth-order valence-electron chi connectivity index (χ4n) is 4.26. The molecule has 33 heavy (non-hydrogen) atoms. The summed E-state index contributed by atoms with van der Waals surface area (Å²) in [5, 5.41) is 3.01. The van der Waals surface area contributed by atoms with E-state index in [-0.39, 0.29) is 23.7 Å². The molecule has 1 N–H and O–H groups in total. The number of anilines is 2. The van der Waals surface area contributed by atoms with E-state index in [1.165, 1.54) is 12.1 Å². The number of hydrogen-bond donors (Lipinski definition) is 1. The van der Waals surface area contributed by atoms with E-state index in [0.29, 0.717) is 31.7 Å². The van der Waals surface area contributed by atoms with E-state index in [9.17, 15) is 14.0 Å². The Hall–Kier alpha value is -3.67. The van der Waals surface area contributed by atoms with Crippen LogP contribution in [0.2, 0.25) is 0 Å². The summed E-state index contributed by atoms with van der Waals surface area (Å²) in [4.78, 5) is 29.6. The van der Waals surface area contributed by atoms with E-state index in [1.54, 1.807) is 15.9 Å². The van der Waals surface area contributed by atoms with Crippen molar-refractivity contribution in [3.63, 3.8) is 0 Å². The number of nitrogens with zero attached hydrogens (tertiary/aromatic N) is 2. The second kappa shape index (κ2) is 10.3. The van der Waals surface area contributed by atoms with Crippen LogP contribution in [0.25, 0.3) is 0 Å². The van der Waals surface area contributed by atoms with Gasteiger partial charge in [-0.05, 0) is 54.3 Å². The highest BCUT2D eigenvalue weighted by molar-refractivity contribution is 5.97. The van der Waals surface area contributed by atoms with Crippen molar-refractivity contribution >= 4 is 23.3 Å². The highest BCUT2D eigenvalue weighted by Gasteiger charge is 2.27. The Kier molecular flexibility index (Phi) is 7.03. The smallest absolute Gasteiger partial charge is 0.324 e. The summed E-state index contributed by atoms with van der Waals surface area (Å²) in [6, 6.07) is 23.3. The summed E-state index contributed by atoms with van der Waals surface area (Å²) < 4.78 is 13.6. The Morgan fingerprint density at radius 1 is 1.00 bits per heavy atom. The largest absolute Gasteiger partial charge is 0.325 e. The monoisotopic (exact) mass is 445 g/mol. The topological polar surface area (TPSA) is 52.7 Å². The number of nitrogens with one attached hydrogen (secondary N) is 1. The summed E-state index contributed by atoms with van der Waals surface area (Å²) in [6.07, 6.45) is 1.50. The maximum atomic E-state index is 13.6. The van der Waals surface area contributed by atoms with E-state index >= 15 is 0 Å². The Bertz CT molecular complexity index is 1120. The van der Waals surface area contributed by atoms with E-state index < -0.39 is 0 Å². The molecule has 0 unspecified atom stereocenters. The maximum absolute atomic E-state index is 13.6. The summed E-state index contributed by atoms with van der Waals surface area (Å²) in [7, 11) is 0. The number of halogens is 1. The van der Waals surface area contributed by atoms with Gasteiger partial charge in [-0.3, -0.25) is 9.69 Å². The van der Waals surface area contributed by atoms with Gasteiger partial charge in [-0.2, -0.15) is 0 Å². The Balaban J connectivity index is 1.47. The number of urea groups is 1. The molecular formula is C27H28FN3O2. The van der Waals surface area contributed by atoms with Gasteiger partial charge in [0.05, 0.1) is 5.92 Å². The van der Waals surface area contributed by atoms with Crippen LogP contribution >= 0.6 is 0 Å². The molecule has 0 radical (unpaired) electrons. The number of carbonyl (C=O) groups excluding carboxylic acids is 2. The molecule has 1 saturated heterocycles. The Labute approximate surface area is 193 Å². The van der Waals surface area contributed by atoms with Gasteiger partial charge in [0.2, 0.25) is 5.91 Å². The van der Waals surface area contributed by atoms with E-state index in [4.69, 9.17) is 0 Å². The summed E-state index contributed by atoms with van der Waals surface area (Å²) >= 11 is 0. The summed E-state index contributed by atoms with van der Waals surface area (Å²) in [5.41, 5.74) is 3.13. The molecule has 0 bridgehead atoms. The van der Waals surface area contributed by atoms with Crippen LogP contribution < -0.4 is 10.2 Å². The molecule has 1 heterocycles. The minimum Gasteiger partial charge on any atom is -0.325 e. The number of hydrogen-bond acceptors (Lipinski definition) is 2. The molecular weight excluding hydrogens is 417 g/mol. The van der Waals surface area contributed by atoms with Gasteiger partial charge < -0.3 is 10.2 Å². The van der Waals surface area contributed by atoms with Crippen LogP contribution in [0.3, 0.4) is 0 Å². The predicted molar refractivity (Wildman–Crippen MR) is 129 cm³/mol. The van der Waals surface area contributed by atoms with Gasteiger partial charge in [0.1, 0.15) is 5.82 Å². The lowest BCUT2D eigenvalue weighted by atomic mass is 9.95. The summed E-state index contributed by atoms with van der Waals surface area (Å²) in [6.45, 7) is 3.57. The molecule has 1 atom stereocenters. The van der Waals surface area contributed by atoms with Crippen molar-refractivity contribution in [1.29, 1.82) is 0 Å². The lowest BCUT2D eigenvalue weighted by Gasteiger charge is -2.36. The number of carbonyl (C=O) groups is 2. The third-order valence-electron chi connectivity index (χ3n) is 5.93. The molecule has 0 aromatic heterocycles. The first-order chi connectivity index (χ1) is 16.0. The highest BCUT2D eigenvalue weighted by Crippen LogP contribution is 2.26. The second-order valence-electron chi connectivity index (χ2n) is 8.25. The molecule has 4 rings (SSSR count). The zero-order valence-corrected chi connectivity index (χ0v) is 18.7. The van der Waals surface area contributed by atoms with Gasteiger partial charge in [-0.1, -0.05) is 55.5 Å². The van der Waals surface area contributed by atoms with E-state index in [0.717, 1.165) is 23.2 Å². The number of rotatable bonds is 7. The van der Waals surface area contributed by atoms with Crippen LogP contribution in [0.4, 0.5) is 20.6 Å². The molecule has 0 saturated carbocycles. The number of amides is 3. The first-order valence-electron chi connectivity index (χ1n) is 11.3. The average Bonchev–Trinajstić information content (AvgIpc) is 2.82. The maximum Gasteiger partial charge on any atom is 0.324 e. The molecule has 0 spiro atoms. The van der Waals surface area contributed by atoms with Crippen LogP contribution in [0.5, 0.6) is 0 Å². The van der Waals surface area contributed by atoms with Crippen molar-refractivity contribution < 1.29 is 14.0 Å². The van der Waals surface area contributed by atoms with Gasteiger partial charge in [0.25, 0.3) is 0 Å². The minimum atomic E-state index is -0.307. The van der Waals surface area contributed by atoms with Crippen LogP contribution in [0.15, 0.2) is 78.9 Å². The zero-order valence-electron chi connectivity index (χ0n) is 18.7. The fourth-order valence-corrected chi connectivity index (χ4v) is 4.26.